The molecule has 2 N–H and O–H groups in total. The summed E-state index contributed by atoms with van der Waals surface area (Å²) in [6, 6.07) is 0. The normalized spacial score (nSPS) is 19.3. The van der Waals surface area contributed by atoms with Crippen LogP contribution < -0.4 is 5.32 Å². The molecule has 0 bridgehead atoms. The lowest BCUT2D eigenvalue weighted by Crippen LogP contribution is -2.51. The molecule has 0 aromatic rings. The van der Waals surface area contributed by atoms with Crippen molar-refractivity contribution in [3.63, 3.8) is 0 Å². The van der Waals surface area contributed by atoms with Crippen molar-refractivity contribution >= 4 is 11.9 Å². The number of nitrogens with one attached hydrogen (secondary N) is 1. The minimum absolute atomic E-state index is 0.323. The molecule has 0 atom stereocenters. The van der Waals surface area contributed by atoms with Gasteiger partial charge < -0.3 is 10.4 Å². The summed E-state index contributed by atoms with van der Waals surface area (Å²) in [4.78, 5) is 22.1. The van der Waals surface area contributed by atoms with Crippen LogP contribution in [0.5, 0.6) is 0 Å². The lowest BCUT2D eigenvalue weighted by atomic mass is 9.79. The van der Waals surface area contributed by atoms with E-state index in [1.54, 1.807) is 0 Å². The minimum atomic E-state index is -4.57. The van der Waals surface area contributed by atoms with E-state index in [4.69, 9.17) is 5.11 Å². The number of carbonyl (C=O) groups excluding carboxylic acids is 1. The predicted molar refractivity (Wildman–Crippen MR) is 56.9 cm³/mol. The number of halogens is 3. The maximum absolute atomic E-state index is 12.1. The summed E-state index contributed by atoms with van der Waals surface area (Å²) in [5.41, 5.74) is -1.01. The van der Waals surface area contributed by atoms with E-state index in [1.165, 1.54) is 0 Å². The lowest BCUT2D eigenvalue weighted by molar-refractivity contribution is -0.155. The van der Waals surface area contributed by atoms with Crippen molar-refractivity contribution in [2.45, 2.75) is 56.7 Å². The van der Waals surface area contributed by atoms with Crippen molar-refractivity contribution in [2.24, 2.45) is 0 Å². The minimum Gasteiger partial charge on any atom is -0.481 e. The van der Waals surface area contributed by atoms with E-state index in [0.717, 1.165) is 19.3 Å². The molecule has 1 saturated carbocycles. The Balaban J connectivity index is 2.66. The molecule has 1 aliphatic rings. The van der Waals surface area contributed by atoms with Crippen LogP contribution in [0, 0.1) is 0 Å². The van der Waals surface area contributed by atoms with Gasteiger partial charge in [0.15, 0.2) is 0 Å². The second kappa shape index (κ2) is 5.58. The first-order valence-electron chi connectivity index (χ1n) is 5.82. The van der Waals surface area contributed by atoms with Crippen LogP contribution in [0.4, 0.5) is 13.2 Å². The van der Waals surface area contributed by atoms with Crippen LogP contribution >= 0.6 is 0 Å². The summed E-state index contributed by atoms with van der Waals surface area (Å²) >= 11 is 0. The summed E-state index contributed by atoms with van der Waals surface area (Å²) in [7, 11) is 0. The zero-order valence-electron chi connectivity index (χ0n) is 9.85. The fraction of sp³-hybridized carbons (Fsp3) is 0.818. The molecular weight excluding hydrogens is 251 g/mol. The summed E-state index contributed by atoms with van der Waals surface area (Å²) < 4.78 is 36.2. The smallest absolute Gasteiger partial charge is 0.397 e. The Labute approximate surface area is 103 Å². The van der Waals surface area contributed by atoms with E-state index in [2.05, 4.69) is 5.32 Å². The van der Waals surface area contributed by atoms with Gasteiger partial charge in [-0.1, -0.05) is 19.3 Å². The number of alkyl halides is 3. The Hall–Kier alpha value is -1.27. The SMILES string of the molecule is O=C(O)CC1(NC(=O)CC(F)(F)F)CCCCC1. The highest BCUT2D eigenvalue weighted by Gasteiger charge is 2.39. The average Bonchev–Trinajstić information content (AvgIpc) is 2.13. The number of carboxylic acid groups (broad SMARTS) is 1. The number of carbonyl (C=O) groups is 2. The number of amides is 1. The van der Waals surface area contributed by atoms with Gasteiger partial charge in [0.1, 0.15) is 6.42 Å². The van der Waals surface area contributed by atoms with Crippen LogP contribution in [0.1, 0.15) is 44.9 Å². The third kappa shape index (κ3) is 4.93. The Kier molecular flexibility index (Phi) is 4.59. The van der Waals surface area contributed by atoms with Crippen molar-refractivity contribution < 1.29 is 27.9 Å². The van der Waals surface area contributed by atoms with Crippen molar-refractivity contribution in [3.05, 3.63) is 0 Å². The maximum atomic E-state index is 12.1. The zero-order valence-corrected chi connectivity index (χ0v) is 9.85. The number of carboxylic acids is 1. The Morgan fingerprint density at radius 3 is 2.17 bits per heavy atom. The average molecular weight is 267 g/mol. The molecule has 7 heteroatoms. The summed E-state index contributed by atoms with van der Waals surface area (Å²) in [6.07, 6.45) is -3.25. The van der Waals surface area contributed by atoms with E-state index < -0.39 is 30.0 Å². The van der Waals surface area contributed by atoms with Crippen LogP contribution in [-0.2, 0) is 9.59 Å². The van der Waals surface area contributed by atoms with Crippen LogP contribution in [-0.4, -0.2) is 28.7 Å². The molecule has 1 aliphatic carbocycles. The number of hydrogen-bond donors (Lipinski definition) is 2. The predicted octanol–water partition coefficient (Wildman–Crippen LogP) is 2.23. The molecule has 4 nitrogen and oxygen atoms in total. The fourth-order valence-electron chi connectivity index (χ4n) is 2.39. The van der Waals surface area contributed by atoms with Gasteiger partial charge >= 0.3 is 12.1 Å². The van der Waals surface area contributed by atoms with Crippen molar-refractivity contribution in [3.8, 4) is 0 Å². The van der Waals surface area contributed by atoms with Gasteiger partial charge in [-0.2, -0.15) is 13.2 Å². The highest BCUT2D eigenvalue weighted by Crippen LogP contribution is 2.32. The molecule has 104 valence electrons. The molecule has 0 saturated heterocycles. The maximum Gasteiger partial charge on any atom is 0.397 e. The molecule has 1 rings (SSSR count). The molecule has 0 aliphatic heterocycles. The van der Waals surface area contributed by atoms with E-state index in [0.29, 0.717) is 12.8 Å². The van der Waals surface area contributed by atoms with Gasteiger partial charge in [0.2, 0.25) is 5.91 Å². The molecule has 0 unspecified atom stereocenters. The third-order valence-electron chi connectivity index (χ3n) is 3.07. The monoisotopic (exact) mass is 267 g/mol. The van der Waals surface area contributed by atoms with Gasteiger partial charge in [0, 0.05) is 0 Å². The molecular formula is C11H16F3NO3. The van der Waals surface area contributed by atoms with Gasteiger partial charge in [-0.3, -0.25) is 9.59 Å². The number of aliphatic carboxylic acids is 1. The van der Waals surface area contributed by atoms with Crippen molar-refractivity contribution in [2.75, 3.05) is 0 Å². The summed E-state index contributed by atoms with van der Waals surface area (Å²) in [5, 5.41) is 11.1. The largest absolute Gasteiger partial charge is 0.481 e. The summed E-state index contributed by atoms with van der Waals surface area (Å²) in [6.45, 7) is 0. The second-order valence-corrected chi connectivity index (χ2v) is 4.75. The Bertz CT molecular complexity index is 322. The fourth-order valence-corrected chi connectivity index (χ4v) is 2.39. The third-order valence-corrected chi connectivity index (χ3v) is 3.07. The second-order valence-electron chi connectivity index (χ2n) is 4.75. The topological polar surface area (TPSA) is 66.4 Å². The first-order valence-corrected chi connectivity index (χ1v) is 5.82. The lowest BCUT2D eigenvalue weighted by Gasteiger charge is -2.37. The molecule has 0 heterocycles. The van der Waals surface area contributed by atoms with E-state index in [1.807, 2.05) is 0 Å². The highest BCUT2D eigenvalue weighted by atomic mass is 19.4. The summed E-state index contributed by atoms with van der Waals surface area (Å²) in [5.74, 6) is -2.25. The van der Waals surface area contributed by atoms with Crippen LogP contribution in [0.25, 0.3) is 0 Å². The van der Waals surface area contributed by atoms with Crippen LogP contribution in [0.3, 0.4) is 0 Å². The molecule has 0 spiro atoms. The number of hydrogen-bond acceptors (Lipinski definition) is 2. The molecule has 0 aromatic carbocycles. The van der Waals surface area contributed by atoms with Gasteiger partial charge in [0.05, 0.1) is 12.0 Å². The Morgan fingerprint density at radius 1 is 1.17 bits per heavy atom. The van der Waals surface area contributed by atoms with E-state index >= 15 is 0 Å². The van der Waals surface area contributed by atoms with Gasteiger partial charge in [-0.15, -0.1) is 0 Å². The first kappa shape index (κ1) is 14.8. The van der Waals surface area contributed by atoms with E-state index in [-0.39, 0.29) is 6.42 Å². The Morgan fingerprint density at radius 2 is 1.72 bits per heavy atom. The van der Waals surface area contributed by atoms with Gasteiger partial charge in [-0.05, 0) is 12.8 Å². The quantitative estimate of drug-likeness (QED) is 0.820. The molecule has 0 aromatic heterocycles. The zero-order chi connectivity index (χ0) is 13.8. The highest BCUT2D eigenvalue weighted by molar-refractivity contribution is 5.79. The van der Waals surface area contributed by atoms with Crippen LogP contribution in [0.2, 0.25) is 0 Å². The van der Waals surface area contributed by atoms with Gasteiger partial charge in [-0.25, -0.2) is 0 Å². The standard InChI is InChI=1S/C11H16F3NO3/c12-11(13,14)6-8(16)15-10(7-9(17)18)4-2-1-3-5-10/h1-7H2,(H,15,16)(H,17,18). The molecule has 18 heavy (non-hydrogen) atoms. The van der Waals surface area contributed by atoms with Gasteiger partial charge in [0.25, 0.3) is 0 Å². The first-order chi connectivity index (χ1) is 8.22. The molecule has 1 amide bonds. The number of rotatable bonds is 4. The van der Waals surface area contributed by atoms with Crippen LogP contribution in [0.15, 0.2) is 0 Å². The van der Waals surface area contributed by atoms with Crippen molar-refractivity contribution in [1.82, 2.24) is 5.32 Å². The van der Waals surface area contributed by atoms with Crippen molar-refractivity contribution in [1.29, 1.82) is 0 Å². The molecule has 0 radical (unpaired) electrons. The molecule has 1 fully saturated rings. The van der Waals surface area contributed by atoms with E-state index in [9.17, 15) is 22.8 Å².